The third-order valence-corrected chi connectivity index (χ3v) is 2.79. The molecule has 0 bridgehead atoms. The van der Waals surface area contributed by atoms with Gasteiger partial charge in [0, 0.05) is 12.1 Å². The second-order valence-corrected chi connectivity index (χ2v) is 4.29. The summed E-state index contributed by atoms with van der Waals surface area (Å²) < 4.78 is 4.62. The van der Waals surface area contributed by atoms with Gasteiger partial charge in [0.2, 0.25) is 0 Å². The molecule has 0 aromatic heterocycles. The smallest absolute Gasteiger partial charge is 0.344 e. The Hall–Kier alpha value is -2.43. The SMILES string of the molecule is CCCC=C=C(C(=O)OC)[C@H](O)c1ccc([N+](=O)[O-])cc1. The van der Waals surface area contributed by atoms with Gasteiger partial charge >= 0.3 is 5.97 Å². The Bertz CT molecular complexity index is 570. The van der Waals surface area contributed by atoms with Crippen molar-refractivity contribution in [2.75, 3.05) is 7.11 Å². The molecule has 6 heteroatoms. The lowest BCUT2D eigenvalue weighted by molar-refractivity contribution is -0.384. The molecular formula is C15H17NO5. The van der Waals surface area contributed by atoms with Gasteiger partial charge in [-0.1, -0.05) is 13.3 Å². The normalized spacial score (nSPS) is 11.2. The Balaban J connectivity index is 3.10. The molecular weight excluding hydrogens is 274 g/mol. The lowest BCUT2D eigenvalue weighted by Crippen LogP contribution is -2.12. The van der Waals surface area contributed by atoms with E-state index in [4.69, 9.17) is 0 Å². The van der Waals surface area contributed by atoms with Crippen LogP contribution in [-0.4, -0.2) is 23.1 Å². The molecule has 0 saturated carbocycles. The van der Waals surface area contributed by atoms with E-state index in [0.717, 1.165) is 6.42 Å². The molecule has 0 unspecified atom stereocenters. The number of ether oxygens (including phenoxy) is 1. The number of aliphatic hydroxyl groups is 1. The lowest BCUT2D eigenvalue weighted by atomic mass is 10.0. The Morgan fingerprint density at radius 2 is 2.10 bits per heavy atom. The highest BCUT2D eigenvalue weighted by Crippen LogP contribution is 2.24. The number of benzene rings is 1. The first-order valence-corrected chi connectivity index (χ1v) is 6.47. The van der Waals surface area contributed by atoms with Crippen molar-refractivity contribution in [1.82, 2.24) is 0 Å². The van der Waals surface area contributed by atoms with Crippen molar-refractivity contribution in [1.29, 1.82) is 0 Å². The molecule has 1 aromatic carbocycles. The fourth-order valence-electron chi connectivity index (χ4n) is 1.63. The number of rotatable bonds is 6. The highest BCUT2D eigenvalue weighted by molar-refractivity contribution is 5.89. The van der Waals surface area contributed by atoms with Gasteiger partial charge in [0.1, 0.15) is 11.7 Å². The third-order valence-electron chi connectivity index (χ3n) is 2.79. The molecule has 21 heavy (non-hydrogen) atoms. The van der Waals surface area contributed by atoms with Crippen molar-refractivity contribution in [3.63, 3.8) is 0 Å². The number of methoxy groups -OCH3 is 1. The molecule has 6 nitrogen and oxygen atoms in total. The fourth-order valence-corrected chi connectivity index (χ4v) is 1.63. The van der Waals surface area contributed by atoms with Crippen LogP contribution in [0.2, 0.25) is 0 Å². The number of esters is 1. The minimum absolute atomic E-state index is 0.0280. The summed E-state index contributed by atoms with van der Waals surface area (Å²) in [6.07, 6.45) is 2.01. The standard InChI is InChI=1S/C15H17NO5/c1-3-4-5-6-13(15(18)21-2)14(17)11-7-9-12(10-8-11)16(19)20/h5,7-10,14,17H,3-4H2,1-2H3/t6?,14-/m1/s1. The number of carbonyl (C=O) groups excluding carboxylic acids is 1. The van der Waals surface area contributed by atoms with Gasteiger partial charge in [0.15, 0.2) is 0 Å². The van der Waals surface area contributed by atoms with Gasteiger partial charge in [-0.3, -0.25) is 10.1 Å². The van der Waals surface area contributed by atoms with Gasteiger partial charge in [0.05, 0.1) is 12.0 Å². The van der Waals surface area contributed by atoms with Crippen LogP contribution in [0, 0.1) is 10.1 Å². The number of nitro benzene ring substituents is 1. The molecule has 0 amide bonds. The Kier molecular flexibility index (Phi) is 6.33. The van der Waals surface area contributed by atoms with Crippen LogP contribution >= 0.6 is 0 Å². The Morgan fingerprint density at radius 3 is 2.57 bits per heavy atom. The van der Waals surface area contributed by atoms with Crippen LogP contribution in [0.1, 0.15) is 31.4 Å². The average molecular weight is 291 g/mol. The van der Waals surface area contributed by atoms with Gasteiger partial charge in [-0.05, 0) is 30.2 Å². The minimum Gasteiger partial charge on any atom is -0.465 e. The predicted octanol–water partition coefficient (Wildman–Crippen LogP) is 2.68. The first kappa shape index (κ1) is 16.6. The van der Waals surface area contributed by atoms with E-state index in [2.05, 4.69) is 10.5 Å². The van der Waals surface area contributed by atoms with Gasteiger partial charge in [0.25, 0.3) is 5.69 Å². The number of nitro groups is 1. The van der Waals surface area contributed by atoms with Crippen LogP contribution in [0.25, 0.3) is 0 Å². The molecule has 112 valence electrons. The van der Waals surface area contributed by atoms with Gasteiger partial charge < -0.3 is 9.84 Å². The molecule has 0 heterocycles. The number of hydrogen-bond acceptors (Lipinski definition) is 5. The van der Waals surface area contributed by atoms with Gasteiger partial charge in [-0.25, -0.2) is 4.79 Å². The summed E-state index contributed by atoms with van der Waals surface area (Å²) in [7, 11) is 1.21. The van der Waals surface area contributed by atoms with E-state index in [0.29, 0.717) is 12.0 Å². The van der Waals surface area contributed by atoms with Crippen molar-refractivity contribution in [2.45, 2.75) is 25.9 Å². The number of aliphatic hydroxyl groups excluding tert-OH is 1. The van der Waals surface area contributed by atoms with Gasteiger partial charge in [-0.2, -0.15) is 0 Å². The zero-order valence-electron chi connectivity index (χ0n) is 11.9. The van der Waals surface area contributed by atoms with Crippen LogP contribution in [0.15, 0.2) is 41.6 Å². The molecule has 0 saturated heterocycles. The maximum Gasteiger partial charge on any atom is 0.344 e. The van der Waals surface area contributed by atoms with Crippen LogP contribution < -0.4 is 0 Å². The first-order valence-electron chi connectivity index (χ1n) is 6.47. The number of nitrogens with zero attached hydrogens (tertiary/aromatic N) is 1. The number of unbranched alkanes of at least 4 members (excludes halogenated alkanes) is 1. The molecule has 0 spiro atoms. The summed E-state index contributed by atoms with van der Waals surface area (Å²) in [4.78, 5) is 21.7. The van der Waals surface area contributed by atoms with E-state index in [1.165, 1.54) is 31.4 Å². The fraction of sp³-hybridized carbons (Fsp3) is 0.333. The zero-order valence-corrected chi connectivity index (χ0v) is 11.9. The molecule has 1 rings (SSSR count). The number of non-ortho nitro benzene ring substituents is 1. The predicted molar refractivity (Wildman–Crippen MR) is 76.6 cm³/mol. The molecule has 0 aliphatic rings. The monoisotopic (exact) mass is 291 g/mol. The third kappa shape index (κ3) is 4.56. The largest absolute Gasteiger partial charge is 0.465 e. The quantitative estimate of drug-likeness (QED) is 0.286. The second-order valence-electron chi connectivity index (χ2n) is 4.29. The number of hydrogen-bond donors (Lipinski definition) is 1. The molecule has 1 aromatic rings. The van der Waals surface area contributed by atoms with E-state index < -0.39 is 17.0 Å². The Labute approximate surface area is 122 Å². The van der Waals surface area contributed by atoms with E-state index in [9.17, 15) is 20.0 Å². The minimum atomic E-state index is -1.24. The molecule has 0 fully saturated rings. The highest BCUT2D eigenvalue weighted by Gasteiger charge is 2.21. The molecule has 0 aliphatic carbocycles. The summed E-state index contributed by atoms with van der Waals surface area (Å²) >= 11 is 0. The van der Waals surface area contributed by atoms with E-state index in [1.807, 2.05) is 6.92 Å². The van der Waals surface area contributed by atoms with Crippen molar-refractivity contribution in [3.05, 3.63) is 57.3 Å². The second kappa shape index (κ2) is 7.99. The van der Waals surface area contributed by atoms with Gasteiger partial charge in [-0.15, -0.1) is 5.73 Å². The van der Waals surface area contributed by atoms with Crippen molar-refractivity contribution < 1.29 is 19.6 Å². The summed E-state index contributed by atoms with van der Waals surface area (Å²) in [6, 6.07) is 5.33. The van der Waals surface area contributed by atoms with Crippen molar-refractivity contribution in [3.8, 4) is 0 Å². The van der Waals surface area contributed by atoms with Crippen molar-refractivity contribution in [2.24, 2.45) is 0 Å². The summed E-state index contributed by atoms with van der Waals surface area (Å²) in [5.41, 5.74) is 2.98. The van der Waals surface area contributed by atoms with Crippen molar-refractivity contribution >= 4 is 11.7 Å². The summed E-state index contributed by atoms with van der Waals surface area (Å²) in [6.45, 7) is 1.97. The van der Waals surface area contributed by atoms with Crippen LogP contribution in [0.5, 0.6) is 0 Å². The van der Waals surface area contributed by atoms with E-state index in [1.54, 1.807) is 6.08 Å². The lowest BCUT2D eigenvalue weighted by Gasteiger charge is -2.11. The van der Waals surface area contributed by atoms with Crippen LogP contribution in [-0.2, 0) is 9.53 Å². The van der Waals surface area contributed by atoms with Crippen LogP contribution in [0.3, 0.4) is 0 Å². The Morgan fingerprint density at radius 1 is 1.48 bits per heavy atom. The van der Waals surface area contributed by atoms with E-state index >= 15 is 0 Å². The van der Waals surface area contributed by atoms with Crippen LogP contribution in [0.4, 0.5) is 5.69 Å². The molecule has 0 radical (unpaired) electrons. The summed E-state index contributed by atoms with van der Waals surface area (Å²) in [5, 5.41) is 20.8. The zero-order chi connectivity index (χ0) is 15.8. The maximum absolute atomic E-state index is 11.7. The topological polar surface area (TPSA) is 89.7 Å². The highest BCUT2D eigenvalue weighted by atomic mass is 16.6. The van der Waals surface area contributed by atoms with E-state index in [-0.39, 0.29) is 11.3 Å². The summed E-state index contributed by atoms with van der Waals surface area (Å²) in [5.74, 6) is -0.687. The molecule has 1 N–H and O–H groups in total. The first-order chi connectivity index (χ1) is 10.0. The molecule has 1 atom stereocenters. The average Bonchev–Trinajstić information content (AvgIpc) is 2.50. The maximum atomic E-state index is 11.7. The molecule has 0 aliphatic heterocycles. The number of carbonyl (C=O) groups is 1.